The van der Waals surface area contributed by atoms with Crippen LogP contribution in [0.1, 0.15) is 33.3 Å². The van der Waals surface area contributed by atoms with Gasteiger partial charge in [0.15, 0.2) is 0 Å². The molecule has 0 fully saturated rings. The predicted molar refractivity (Wildman–Crippen MR) is 99.6 cm³/mol. The van der Waals surface area contributed by atoms with E-state index in [0.717, 1.165) is 17.3 Å². The molecule has 0 aliphatic carbocycles. The molecule has 0 amide bonds. The van der Waals surface area contributed by atoms with Gasteiger partial charge in [-0.1, -0.05) is 36.4 Å². The van der Waals surface area contributed by atoms with Crippen molar-refractivity contribution < 1.29 is 27.1 Å². The van der Waals surface area contributed by atoms with Gasteiger partial charge in [0.05, 0.1) is 17.8 Å². The molecule has 0 unspecified atom stereocenters. The van der Waals surface area contributed by atoms with Crippen molar-refractivity contribution in [3.8, 4) is 11.1 Å². The average molecular weight is 396 g/mol. The maximum absolute atomic E-state index is 12.9. The van der Waals surface area contributed by atoms with Gasteiger partial charge in [0.2, 0.25) is 0 Å². The molecular formula is C20H23F3O3Si. The van der Waals surface area contributed by atoms with E-state index >= 15 is 0 Å². The maximum Gasteiger partial charge on any atom is 0.416 e. The van der Waals surface area contributed by atoms with Crippen molar-refractivity contribution in [3.05, 3.63) is 54.1 Å². The Balaban J connectivity index is 2.04. The second-order valence-electron chi connectivity index (χ2n) is 6.53. The fourth-order valence-corrected chi connectivity index (χ4v) is 2.90. The lowest BCUT2D eigenvalue weighted by molar-refractivity contribution is -0.274. The normalized spacial score (nSPS) is 12.4. The second kappa shape index (κ2) is 9.50. The zero-order valence-corrected chi connectivity index (χ0v) is 16.7. The van der Waals surface area contributed by atoms with Crippen LogP contribution in [0, 0.1) is 0 Å². The quantitative estimate of drug-likeness (QED) is 0.475. The summed E-state index contributed by atoms with van der Waals surface area (Å²) < 4.78 is 55.4. The van der Waals surface area contributed by atoms with Gasteiger partial charge in [-0.2, -0.15) is 13.2 Å². The zero-order chi connectivity index (χ0) is 20.0. The van der Waals surface area contributed by atoms with Gasteiger partial charge in [-0.15, -0.1) is 0 Å². The Labute approximate surface area is 160 Å². The maximum atomic E-state index is 12.9. The highest BCUT2D eigenvalue weighted by atomic mass is 28.2. The summed E-state index contributed by atoms with van der Waals surface area (Å²) in [6, 6.07) is 12.5. The van der Waals surface area contributed by atoms with Crippen LogP contribution >= 0.6 is 0 Å². The van der Waals surface area contributed by atoms with Gasteiger partial charge in [0, 0.05) is 0 Å². The van der Waals surface area contributed by atoms with Crippen molar-refractivity contribution >= 4 is 14.9 Å². The third-order valence-corrected chi connectivity index (χ3v) is 4.33. The first-order valence-electron chi connectivity index (χ1n) is 8.65. The van der Waals surface area contributed by atoms with Crippen molar-refractivity contribution in [1.82, 2.24) is 0 Å². The lowest BCUT2D eigenvalue weighted by atomic mass is 10.0. The molecule has 2 aromatic carbocycles. The van der Waals surface area contributed by atoms with E-state index in [0.29, 0.717) is 11.1 Å². The SMILES string of the molecule is CC(C)OC(O[Si]c1ccc(-c2cccc(C(F)(F)F)c2)cc1)OC(C)C. The minimum atomic E-state index is -4.35. The van der Waals surface area contributed by atoms with Crippen LogP contribution < -0.4 is 5.19 Å². The Morgan fingerprint density at radius 2 is 1.41 bits per heavy atom. The Kier molecular flexibility index (Phi) is 7.61. The molecule has 7 heteroatoms. The van der Waals surface area contributed by atoms with Crippen LogP contribution in [-0.4, -0.2) is 28.4 Å². The van der Waals surface area contributed by atoms with E-state index < -0.39 is 18.2 Å². The molecule has 0 aliphatic rings. The minimum absolute atomic E-state index is 0.00352. The number of benzene rings is 2. The van der Waals surface area contributed by atoms with Crippen molar-refractivity contribution in [2.75, 3.05) is 0 Å². The summed E-state index contributed by atoms with van der Waals surface area (Å²) in [6.45, 7) is 6.83. The number of hydrogen-bond acceptors (Lipinski definition) is 3. The van der Waals surface area contributed by atoms with Crippen LogP contribution in [0.5, 0.6) is 0 Å². The van der Waals surface area contributed by atoms with Crippen LogP contribution in [0.2, 0.25) is 0 Å². The van der Waals surface area contributed by atoms with Crippen LogP contribution in [0.25, 0.3) is 11.1 Å². The average Bonchev–Trinajstić information content (AvgIpc) is 2.58. The third kappa shape index (κ3) is 7.10. The second-order valence-corrected chi connectivity index (χ2v) is 7.55. The van der Waals surface area contributed by atoms with E-state index in [1.54, 1.807) is 18.2 Å². The molecule has 0 aromatic heterocycles. The molecule has 0 saturated carbocycles. The monoisotopic (exact) mass is 396 g/mol. The summed E-state index contributed by atoms with van der Waals surface area (Å²) in [5.41, 5.74) is 0.571. The van der Waals surface area contributed by atoms with Crippen molar-refractivity contribution in [1.29, 1.82) is 0 Å². The standard InChI is InChI=1S/C20H23F3O3Si/c1-13(2)24-19(25-14(3)4)26-27-18-10-8-15(9-11-18)16-6-5-7-17(12-16)20(21,22)23/h5-14,19H,1-4H3. The zero-order valence-electron chi connectivity index (χ0n) is 15.7. The molecule has 0 aliphatic heterocycles. The van der Waals surface area contributed by atoms with E-state index in [-0.39, 0.29) is 22.0 Å². The molecule has 0 saturated heterocycles. The van der Waals surface area contributed by atoms with E-state index in [4.69, 9.17) is 13.9 Å². The summed E-state index contributed by atoms with van der Waals surface area (Å²) >= 11 is 0. The molecule has 3 nitrogen and oxygen atoms in total. The molecule has 2 aromatic rings. The first-order valence-corrected chi connectivity index (χ1v) is 9.56. The number of ether oxygens (including phenoxy) is 2. The lowest BCUT2D eigenvalue weighted by Gasteiger charge is -2.22. The first kappa shape index (κ1) is 21.6. The fourth-order valence-electron chi connectivity index (χ4n) is 2.25. The third-order valence-electron chi connectivity index (χ3n) is 3.45. The van der Waals surface area contributed by atoms with Gasteiger partial charge in [-0.3, -0.25) is 0 Å². The largest absolute Gasteiger partial charge is 0.416 e. The van der Waals surface area contributed by atoms with Gasteiger partial charge in [-0.25, -0.2) is 0 Å². The van der Waals surface area contributed by atoms with Gasteiger partial charge < -0.3 is 13.9 Å². The molecule has 0 bridgehead atoms. The number of alkyl halides is 3. The molecular weight excluding hydrogens is 373 g/mol. The molecule has 0 spiro atoms. The van der Waals surface area contributed by atoms with Crippen molar-refractivity contribution in [2.24, 2.45) is 0 Å². The highest BCUT2D eigenvalue weighted by Gasteiger charge is 2.30. The number of halogens is 3. The van der Waals surface area contributed by atoms with Crippen LogP contribution in [0.3, 0.4) is 0 Å². The van der Waals surface area contributed by atoms with Crippen molar-refractivity contribution in [2.45, 2.75) is 52.6 Å². The topological polar surface area (TPSA) is 27.7 Å². The van der Waals surface area contributed by atoms with Crippen LogP contribution in [0.4, 0.5) is 13.2 Å². The fraction of sp³-hybridized carbons (Fsp3) is 0.400. The van der Waals surface area contributed by atoms with E-state index in [1.807, 2.05) is 39.8 Å². The van der Waals surface area contributed by atoms with Crippen LogP contribution in [0.15, 0.2) is 48.5 Å². The van der Waals surface area contributed by atoms with Gasteiger partial charge >= 0.3 is 6.18 Å². The van der Waals surface area contributed by atoms with Gasteiger partial charge in [0.1, 0.15) is 0 Å². The molecule has 0 N–H and O–H groups in total. The summed E-state index contributed by atoms with van der Waals surface area (Å²) in [5.74, 6) is 0. The lowest BCUT2D eigenvalue weighted by Crippen LogP contribution is -2.32. The summed E-state index contributed by atoms with van der Waals surface area (Å²) in [6.07, 6.45) is -4.43. The molecule has 146 valence electrons. The Bertz CT molecular complexity index is 705. The molecule has 0 heterocycles. The Hall–Kier alpha value is -1.67. The molecule has 27 heavy (non-hydrogen) atoms. The smallest absolute Gasteiger partial charge is 0.366 e. The Morgan fingerprint density at radius 1 is 0.815 bits per heavy atom. The molecule has 2 rings (SSSR count). The van der Waals surface area contributed by atoms with E-state index in [2.05, 4.69) is 0 Å². The van der Waals surface area contributed by atoms with E-state index in [1.165, 1.54) is 6.07 Å². The predicted octanol–water partition coefficient (Wildman–Crippen LogP) is 4.77. The first-order chi connectivity index (χ1) is 12.6. The molecule has 0 atom stereocenters. The highest BCUT2D eigenvalue weighted by Crippen LogP contribution is 2.31. The van der Waals surface area contributed by atoms with E-state index in [9.17, 15) is 13.2 Å². The van der Waals surface area contributed by atoms with Gasteiger partial charge in [0.25, 0.3) is 16.2 Å². The van der Waals surface area contributed by atoms with Crippen LogP contribution in [-0.2, 0) is 20.1 Å². The summed E-state index contributed by atoms with van der Waals surface area (Å²) in [7, 11) is -0.00352. The Morgan fingerprint density at radius 3 is 1.93 bits per heavy atom. The summed E-state index contributed by atoms with van der Waals surface area (Å²) in [4.78, 5) is 0. The minimum Gasteiger partial charge on any atom is -0.366 e. The highest BCUT2D eigenvalue weighted by molar-refractivity contribution is 6.46. The summed E-state index contributed by atoms with van der Waals surface area (Å²) in [5, 5.41) is 0.899. The number of hydrogen-bond donors (Lipinski definition) is 0. The number of rotatable bonds is 8. The van der Waals surface area contributed by atoms with Gasteiger partial charge in [-0.05, 0) is 56.1 Å². The molecule has 2 radical (unpaired) electrons. The van der Waals surface area contributed by atoms with Crippen molar-refractivity contribution in [3.63, 3.8) is 0 Å².